The van der Waals surface area contributed by atoms with E-state index in [1.807, 2.05) is 6.20 Å². The van der Waals surface area contributed by atoms with Gasteiger partial charge in [0.25, 0.3) is 0 Å². The molecule has 76 valence electrons. The number of fused-ring (bicyclic) bond motifs is 1. The Morgan fingerprint density at radius 3 is 2.73 bits per heavy atom. The third-order valence-corrected chi connectivity index (χ3v) is 2.53. The number of aromatic nitrogens is 1. The van der Waals surface area contributed by atoms with Crippen LogP contribution in [0, 0.1) is 12.8 Å². The zero-order valence-electron chi connectivity index (χ0n) is 9.54. The molecule has 0 saturated heterocycles. The Hall–Kier alpha value is -1.50. The Labute approximate surface area is 91.2 Å². The van der Waals surface area contributed by atoms with Gasteiger partial charge in [-0.25, -0.2) is 0 Å². The van der Waals surface area contributed by atoms with Crippen LogP contribution in [0.2, 0.25) is 0 Å². The molecule has 0 saturated carbocycles. The van der Waals surface area contributed by atoms with Gasteiger partial charge in [-0.15, -0.1) is 0 Å². The Bertz CT molecular complexity index is 472. The van der Waals surface area contributed by atoms with Gasteiger partial charge in [-0.05, 0) is 24.6 Å². The standard InChI is InChI=1S/C14H16N/c1-10(2)8-12-6-7-15-14-9-11(3)4-5-13(12)14/h4-7,9H,8H2,1-3H3/q+1. The summed E-state index contributed by atoms with van der Waals surface area (Å²) >= 11 is 0. The van der Waals surface area contributed by atoms with Crippen molar-refractivity contribution in [3.8, 4) is 0 Å². The van der Waals surface area contributed by atoms with Crippen molar-refractivity contribution in [1.29, 1.82) is 0 Å². The number of nitrogens with zero attached hydrogens (tertiary/aromatic N) is 1. The second kappa shape index (κ2) is 3.93. The molecule has 0 radical (unpaired) electrons. The quantitative estimate of drug-likeness (QED) is 0.670. The Kier molecular flexibility index (Phi) is 2.63. The van der Waals surface area contributed by atoms with E-state index in [1.54, 1.807) is 0 Å². The number of hydrogen-bond acceptors (Lipinski definition) is 1. The largest absolute Gasteiger partial charge is 0.256 e. The summed E-state index contributed by atoms with van der Waals surface area (Å²) in [6.07, 6.45) is 2.95. The van der Waals surface area contributed by atoms with Crippen molar-refractivity contribution in [3.05, 3.63) is 47.5 Å². The molecule has 0 fully saturated rings. The number of rotatable bonds is 2. The Morgan fingerprint density at radius 1 is 1.20 bits per heavy atom. The van der Waals surface area contributed by atoms with E-state index in [4.69, 9.17) is 0 Å². The minimum atomic E-state index is 1.04. The van der Waals surface area contributed by atoms with Gasteiger partial charge in [-0.3, -0.25) is 4.98 Å². The van der Waals surface area contributed by atoms with Crippen molar-refractivity contribution in [2.24, 2.45) is 0 Å². The van der Waals surface area contributed by atoms with Crippen molar-refractivity contribution in [2.45, 2.75) is 27.2 Å². The first-order chi connectivity index (χ1) is 7.16. The van der Waals surface area contributed by atoms with Crippen LogP contribution < -0.4 is 0 Å². The average molecular weight is 198 g/mol. The summed E-state index contributed by atoms with van der Waals surface area (Å²) in [7, 11) is 0. The molecular formula is C14H16N+. The lowest BCUT2D eigenvalue weighted by molar-refractivity contribution is 0.962. The summed E-state index contributed by atoms with van der Waals surface area (Å²) in [5.41, 5.74) is 3.75. The lowest BCUT2D eigenvalue weighted by Gasteiger charge is -2.04. The molecule has 0 aliphatic heterocycles. The summed E-state index contributed by atoms with van der Waals surface area (Å²) in [6.45, 7) is 6.44. The SMILES string of the molecule is Cc1ccc2c(C[C+](C)C)ccnc2c1. The topological polar surface area (TPSA) is 12.9 Å². The molecule has 0 atom stereocenters. The van der Waals surface area contributed by atoms with Gasteiger partial charge in [0.1, 0.15) is 6.42 Å². The van der Waals surface area contributed by atoms with Gasteiger partial charge in [0.05, 0.1) is 25.3 Å². The lowest BCUT2D eigenvalue weighted by Crippen LogP contribution is -1.94. The molecule has 1 aromatic heterocycles. The first kappa shape index (κ1) is 10.0. The molecule has 0 aliphatic rings. The molecule has 0 N–H and O–H groups in total. The molecule has 2 aromatic rings. The van der Waals surface area contributed by atoms with Crippen molar-refractivity contribution in [3.63, 3.8) is 0 Å². The van der Waals surface area contributed by atoms with E-state index in [0.717, 1.165) is 11.9 Å². The maximum atomic E-state index is 4.40. The zero-order chi connectivity index (χ0) is 10.8. The summed E-state index contributed by atoms with van der Waals surface area (Å²) in [5, 5.41) is 1.28. The van der Waals surface area contributed by atoms with E-state index in [2.05, 4.69) is 50.0 Å². The minimum absolute atomic E-state index is 1.04. The van der Waals surface area contributed by atoms with E-state index < -0.39 is 0 Å². The molecule has 0 amide bonds. The molecule has 0 spiro atoms. The highest BCUT2D eigenvalue weighted by atomic mass is 14.6. The van der Waals surface area contributed by atoms with Crippen LogP contribution in [0.1, 0.15) is 25.0 Å². The monoisotopic (exact) mass is 198 g/mol. The third-order valence-electron chi connectivity index (χ3n) is 2.53. The molecule has 1 nitrogen and oxygen atoms in total. The summed E-state index contributed by atoms with van der Waals surface area (Å²) in [4.78, 5) is 4.40. The fourth-order valence-electron chi connectivity index (χ4n) is 1.85. The predicted molar refractivity (Wildman–Crippen MR) is 64.8 cm³/mol. The van der Waals surface area contributed by atoms with Gasteiger partial charge >= 0.3 is 0 Å². The average Bonchev–Trinajstić information content (AvgIpc) is 2.16. The predicted octanol–water partition coefficient (Wildman–Crippen LogP) is 3.70. The summed E-state index contributed by atoms with van der Waals surface area (Å²) in [6, 6.07) is 8.59. The van der Waals surface area contributed by atoms with Crippen LogP contribution in [0.5, 0.6) is 0 Å². The van der Waals surface area contributed by atoms with E-state index in [1.165, 1.54) is 22.4 Å². The Morgan fingerprint density at radius 2 is 2.00 bits per heavy atom. The van der Waals surface area contributed by atoms with Crippen LogP contribution in [-0.2, 0) is 6.42 Å². The van der Waals surface area contributed by atoms with Crippen LogP contribution in [-0.4, -0.2) is 4.98 Å². The second-order valence-electron chi connectivity index (χ2n) is 4.37. The minimum Gasteiger partial charge on any atom is -0.256 e. The number of benzene rings is 1. The lowest BCUT2D eigenvalue weighted by atomic mass is 9.99. The number of hydrogen-bond donors (Lipinski definition) is 0. The molecular weight excluding hydrogens is 182 g/mol. The molecule has 1 aromatic carbocycles. The van der Waals surface area contributed by atoms with Gasteiger partial charge in [0.2, 0.25) is 0 Å². The van der Waals surface area contributed by atoms with Gasteiger partial charge < -0.3 is 0 Å². The van der Waals surface area contributed by atoms with Crippen molar-refractivity contribution >= 4 is 10.9 Å². The highest BCUT2D eigenvalue weighted by Crippen LogP contribution is 2.20. The second-order valence-corrected chi connectivity index (χ2v) is 4.37. The molecule has 0 aliphatic carbocycles. The van der Waals surface area contributed by atoms with E-state index in [0.29, 0.717) is 0 Å². The van der Waals surface area contributed by atoms with Crippen LogP contribution in [0.3, 0.4) is 0 Å². The fraction of sp³-hybridized carbons (Fsp3) is 0.286. The first-order valence-corrected chi connectivity index (χ1v) is 5.30. The van der Waals surface area contributed by atoms with E-state index in [9.17, 15) is 0 Å². The van der Waals surface area contributed by atoms with Crippen molar-refractivity contribution in [2.75, 3.05) is 0 Å². The smallest absolute Gasteiger partial charge is 0.115 e. The van der Waals surface area contributed by atoms with Gasteiger partial charge in [0, 0.05) is 17.1 Å². The first-order valence-electron chi connectivity index (χ1n) is 5.30. The highest BCUT2D eigenvalue weighted by Gasteiger charge is 2.09. The van der Waals surface area contributed by atoms with Crippen LogP contribution >= 0.6 is 0 Å². The number of aryl methyl sites for hydroxylation is 1. The van der Waals surface area contributed by atoms with E-state index in [-0.39, 0.29) is 0 Å². The molecule has 0 bridgehead atoms. The molecule has 1 heterocycles. The third kappa shape index (κ3) is 2.12. The van der Waals surface area contributed by atoms with Crippen LogP contribution in [0.15, 0.2) is 30.5 Å². The van der Waals surface area contributed by atoms with Crippen LogP contribution in [0.4, 0.5) is 0 Å². The molecule has 1 heteroatoms. The molecule has 2 rings (SSSR count). The maximum absolute atomic E-state index is 4.40. The summed E-state index contributed by atoms with van der Waals surface area (Å²) in [5.74, 6) is 1.43. The normalized spacial score (nSPS) is 10.6. The van der Waals surface area contributed by atoms with Crippen molar-refractivity contribution in [1.82, 2.24) is 4.98 Å². The van der Waals surface area contributed by atoms with Gasteiger partial charge in [-0.2, -0.15) is 0 Å². The van der Waals surface area contributed by atoms with Gasteiger partial charge in [0.15, 0.2) is 0 Å². The Balaban J connectivity index is 2.56. The van der Waals surface area contributed by atoms with Crippen LogP contribution in [0.25, 0.3) is 10.9 Å². The van der Waals surface area contributed by atoms with E-state index >= 15 is 0 Å². The van der Waals surface area contributed by atoms with Crippen molar-refractivity contribution < 1.29 is 0 Å². The maximum Gasteiger partial charge on any atom is 0.115 e. The highest BCUT2D eigenvalue weighted by molar-refractivity contribution is 5.82. The molecule has 15 heavy (non-hydrogen) atoms. The molecule has 0 unspecified atom stereocenters. The van der Waals surface area contributed by atoms with Gasteiger partial charge in [-0.1, -0.05) is 12.1 Å². The summed E-state index contributed by atoms with van der Waals surface area (Å²) < 4.78 is 0. The fourth-order valence-corrected chi connectivity index (χ4v) is 1.85. The zero-order valence-corrected chi connectivity index (χ0v) is 9.54. The number of pyridine rings is 1.